The molecule has 1 aliphatic heterocycles. The third-order valence-electron chi connectivity index (χ3n) is 3.46. The Labute approximate surface area is 121 Å². The van der Waals surface area contributed by atoms with Crippen molar-refractivity contribution < 1.29 is 13.9 Å². The van der Waals surface area contributed by atoms with Crippen molar-refractivity contribution in [3.05, 3.63) is 59.9 Å². The van der Waals surface area contributed by atoms with E-state index in [1.807, 2.05) is 30.3 Å². The fraction of sp³-hybridized carbons (Fsp3) is 0.188. The van der Waals surface area contributed by atoms with Crippen LogP contribution in [-0.2, 0) is 11.2 Å². The number of carbonyl (C=O) groups excluding carboxylic acids is 1. The number of ether oxygens (including phenoxy) is 1. The van der Waals surface area contributed by atoms with E-state index in [0.717, 1.165) is 5.56 Å². The van der Waals surface area contributed by atoms with Gasteiger partial charge in [-0.2, -0.15) is 0 Å². The van der Waals surface area contributed by atoms with Crippen LogP contribution in [0.25, 0.3) is 0 Å². The number of hydrogen-bond acceptors (Lipinski definition) is 3. The highest BCUT2D eigenvalue weighted by Crippen LogP contribution is 2.30. The first-order chi connectivity index (χ1) is 10.1. The lowest BCUT2D eigenvalue weighted by molar-refractivity contribution is -0.118. The Kier molecular flexibility index (Phi) is 3.58. The molecule has 5 heteroatoms. The molecule has 0 saturated heterocycles. The number of anilines is 1. The van der Waals surface area contributed by atoms with Crippen LogP contribution in [0, 0.1) is 5.82 Å². The van der Waals surface area contributed by atoms with E-state index in [1.54, 1.807) is 0 Å². The maximum absolute atomic E-state index is 13.3. The van der Waals surface area contributed by atoms with Gasteiger partial charge in [0.05, 0.1) is 5.69 Å². The zero-order chi connectivity index (χ0) is 14.8. The van der Waals surface area contributed by atoms with Crippen LogP contribution in [0.4, 0.5) is 10.1 Å². The molecule has 4 nitrogen and oxygen atoms in total. The van der Waals surface area contributed by atoms with Crippen molar-refractivity contribution in [1.29, 1.82) is 0 Å². The van der Waals surface area contributed by atoms with Crippen LogP contribution in [0.5, 0.6) is 5.75 Å². The molecule has 0 aliphatic carbocycles. The van der Waals surface area contributed by atoms with Gasteiger partial charge in [-0.3, -0.25) is 4.79 Å². The molecule has 1 amide bonds. The number of halogens is 1. The van der Waals surface area contributed by atoms with E-state index < -0.39 is 18.0 Å². The van der Waals surface area contributed by atoms with Gasteiger partial charge < -0.3 is 15.8 Å². The lowest BCUT2D eigenvalue weighted by atomic mass is 10.0. The summed E-state index contributed by atoms with van der Waals surface area (Å²) in [4.78, 5) is 12.1. The molecule has 0 fully saturated rings. The Hall–Kier alpha value is -2.40. The number of nitrogens with two attached hydrogens (primary N) is 1. The molecule has 21 heavy (non-hydrogen) atoms. The first-order valence-electron chi connectivity index (χ1n) is 6.70. The van der Waals surface area contributed by atoms with Gasteiger partial charge in [-0.1, -0.05) is 30.3 Å². The number of carbonyl (C=O) groups is 1. The van der Waals surface area contributed by atoms with E-state index >= 15 is 0 Å². The minimum absolute atomic E-state index is 0.311. The summed E-state index contributed by atoms with van der Waals surface area (Å²) in [6.45, 7) is 0. The van der Waals surface area contributed by atoms with E-state index in [1.165, 1.54) is 18.2 Å². The molecular formula is C16H15FN2O2. The third kappa shape index (κ3) is 2.87. The van der Waals surface area contributed by atoms with Crippen molar-refractivity contribution in [1.82, 2.24) is 0 Å². The summed E-state index contributed by atoms with van der Waals surface area (Å²) >= 11 is 0. The second kappa shape index (κ2) is 5.54. The van der Waals surface area contributed by atoms with E-state index in [9.17, 15) is 9.18 Å². The van der Waals surface area contributed by atoms with Crippen LogP contribution in [0.3, 0.4) is 0 Å². The van der Waals surface area contributed by atoms with Gasteiger partial charge in [0.15, 0.2) is 0 Å². The Morgan fingerprint density at radius 2 is 1.95 bits per heavy atom. The molecule has 2 aromatic rings. The highest BCUT2D eigenvalue weighted by Gasteiger charge is 2.31. The summed E-state index contributed by atoms with van der Waals surface area (Å²) in [5.41, 5.74) is 7.29. The quantitative estimate of drug-likeness (QED) is 0.888. The summed E-state index contributed by atoms with van der Waals surface area (Å²) in [7, 11) is 0. The van der Waals surface area contributed by atoms with Crippen molar-refractivity contribution in [2.24, 2.45) is 5.73 Å². The van der Waals surface area contributed by atoms with Gasteiger partial charge in [-0.05, 0) is 17.7 Å². The van der Waals surface area contributed by atoms with Crippen LogP contribution in [0.1, 0.15) is 5.56 Å². The number of fused-ring (bicyclic) bond motifs is 1. The van der Waals surface area contributed by atoms with Crippen molar-refractivity contribution in [2.75, 3.05) is 5.32 Å². The molecule has 0 bridgehead atoms. The highest BCUT2D eigenvalue weighted by atomic mass is 19.1. The maximum Gasteiger partial charge on any atom is 0.245 e. The largest absolute Gasteiger partial charge is 0.486 e. The predicted molar refractivity (Wildman–Crippen MR) is 77.6 cm³/mol. The Morgan fingerprint density at radius 3 is 2.71 bits per heavy atom. The second-order valence-corrected chi connectivity index (χ2v) is 5.00. The monoisotopic (exact) mass is 286 g/mol. The average Bonchev–Trinajstić information content (AvgIpc) is 2.59. The zero-order valence-electron chi connectivity index (χ0n) is 11.3. The van der Waals surface area contributed by atoms with Gasteiger partial charge in [0, 0.05) is 12.5 Å². The molecule has 1 aliphatic rings. The minimum atomic E-state index is -0.819. The van der Waals surface area contributed by atoms with Gasteiger partial charge in [0.2, 0.25) is 5.91 Å². The Bertz CT molecular complexity index is 661. The standard InChI is InChI=1S/C16H15FN2O2/c17-11-6-7-13-12(9-11)19-16(20)15(18)14(21-13)8-10-4-2-1-3-5-10/h1-7,9,14-15H,8,18H2,(H,19,20)/t14-,15+/m0/s1. The molecule has 3 N–H and O–H groups in total. The van der Waals surface area contributed by atoms with Crippen molar-refractivity contribution in [2.45, 2.75) is 18.6 Å². The topological polar surface area (TPSA) is 64.4 Å². The van der Waals surface area contributed by atoms with E-state index in [0.29, 0.717) is 17.9 Å². The van der Waals surface area contributed by atoms with E-state index in [-0.39, 0.29) is 5.91 Å². The lowest BCUT2D eigenvalue weighted by Crippen LogP contribution is -2.47. The molecule has 3 rings (SSSR count). The number of amides is 1. The van der Waals surface area contributed by atoms with E-state index in [4.69, 9.17) is 10.5 Å². The van der Waals surface area contributed by atoms with Crippen LogP contribution >= 0.6 is 0 Å². The molecular weight excluding hydrogens is 271 g/mol. The van der Waals surface area contributed by atoms with Gasteiger partial charge in [-0.15, -0.1) is 0 Å². The fourth-order valence-corrected chi connectivity index (χ4v) is 2.34. The Balaban J connectivity index is 1.90. The molecule has 0 unspecified atom stereocenters. The van der Waals surface area contributed by atoms with Crippen LogP contribution in [0.2, 0.25) is 0 Å². The molecule has 0 aromatic heterocycles. The second-order valence-electron chi connectivity index (χ2n) is 5.00. The summed E-state index contributed by atoms with van der Waals surface area (Å²) < 4.78 is 19.1. The van der Waals surface area contributed by atoms with Gasteiger partial charge in [-0.25, -0.2) is 4.39 Å². The fourth-order valence-electron chi connectivity index (χ4n) is 2.34. The predicted octanol–water partition coefficient (Wildman–Crippen LogP) is 2.10. The molecule has 2 aromatic carbocycles. The summed E-state index contributed by atoms with van der Waals surface area (Å²) in [6, 6.07) is 12.9. The number of benzene rings is 2. The first kappa shape index (κ1) is 13.6. The van der Waals surface area contributed by atoms with Crippen LogP contribution in [0.15, 0.2) is 48.5 Å². The van der Waals surface area contributed by atoms with Gasteiger partial charge in [0.25, 0.3) is 0 Å². The number of nitrogens with one attached hydrogen (secondary N) is 1. The number of hydrogen-bond donors (Lipinski definition) is 2. The molecule has 0 radical (unpaired) electrons. The third-order valence-corrected chi connectivity index (χ3v) is 3.46. The smallest absolute Gasteiger partial charge is 0.245 e. The van der Waals surface area contributed by atoms with Crippen LogP contribution < -0.4 is 15.8 Å². The average molecular weight is 286 g/mol. The maximum atomic E-state index is 13.3. The summed E-state index contributed by atoms with van der Waals surface area (Å²) in [5, 5.41) is 2.60. The van der Waals surface area contributed by atoms with Gasteiger partial charge >= 0.3 is 0 Å². The van der Waals surface area contributed by atoms with Crippen molar-refractivity contribution in [3.8, 4) is 5.75 Å². The first-order valence-corrected chi connectivity index (χ1v) is 6.70. The lowest BCUT2D eigenvalue weighted by Gasteiger charge is -2.21. The summed E-state index contributed by atoms with van der Waals surface area (Å²) in [5.74, 6) is -0.383. The molecule has 1 heterocycles. The number of rotatable bonds is 2. The van der Waals surface area contributed by atoms with Gasteiger partial charge in [0.1, 0.15) is 23.7 Å². The zero-order valence-corrected chi connectivity index (χ0v) is 11.3. The molecule has 0 saturated carbocycles. The van der Waals surface area contributed by atoms with Crippen LogP contribution in [-0.4, -0.2) is 18.1 Å². The molecule has 108 valence electrons. The van der Waals surface area contributed by atoms with Crippen molar-refractivity contribution in [3.63, 3.8) is 0 Å². The molecule has 2 atom stereocenters. The normalized spacial score (nSPS) is 21.0. The SMILES string of the molecule is N[C@H]1C(=O)Nc2cc(F)ccc2O[C@H]1Cc1ccccc1. The minimum Gasteiger partial charge on any atom is -0.486 e. The highest BCUT2D eigenvalue weighted by molar-refractivity contribution is 5.97. The van der Waals surface area contributed by atoms with E-state index in [2.05, 4.69) is 5.32 Å². The summed E-state index contributed by atoms with van der Waals surface area (Å²) in [6.07, 6.45) is 0.00537. The van der Waals surface area contributed by atoms with Crippen molar-refractivity contribution >= 4 is 11.6 Å². The molecule has 0 spiro atoms. The Morgan fingerprint density at radius 1 is 1.19 bits per heavy atom.